The number of nitrogens with one attached hydrogen (secondary N) is 1. The molecule has 0 aromatic carbocycles. The van der Waals surface area contributed by atoms with Gasteiger partial charge in [0.1, 0.15) is 10.6 Å². The molecule has 7 nitrogen and oxygen atoms in total. The van der Waals surface area contributed by atoms with Gasteiger partial charge in [-0.15, -0.1) is 0 Å². The van der Waals surface area contributed by atoms with Gasteiger partial charge in [0.2, 0.25) is 10.0 Å². The van der Waals surface area contributed by atoms with Crippen molar-refractivity contribution in [3.63, 3.8) is 0 Å². The van der Waals surface area contributed by atoms with Gasteiger partial charge in [0, 0.05) is 25.7 Å². The Morgan fingerprint density at radius 1 is 1.31 bits per heavy atom. The van der Waals surface area contributed by atoms with Crippen LogP contribution in [0, 0.1) is 6.92 Å². The molecule has 0 saturated heterocycles. The highest BCUT2D eigenvalue weighted by molar-refractivity contribution is 7.89. The SMILES string of the molecule is Cc1c(S(=O)(=O)NCCCn2nc3c(c2C(F)(F)F)CCC3)cnn1C. The fourth-order valence-corrected chi connectivity index (χ4v) is 4.45. The monoisotopic (exact) mass is 391 g/mol. The number of fused-ring (bicyclic) bond motifs is 1. The molecule has 2 aromatic rings. The van der Waals surface area contributed by atoms with E-state index in [0.717, 1.165) is 4.68 Å². The van der Waals surface area contributed by atoms with Crippen LogP contribution in [0.4, 0.5) is 13.2 Å². The lowest BCUT2D eigenvalue weighted by Crippen LogP contribution is -2.26. The molecule has 0 atom stereocenters. The Hall–Kier alpha value is -1.88. The molecule has 0 saturated carbocycles. The maximum atomic E-state index is 13.3. The number of nitrogens with zero attached hydrogens (tertiary/aromatic N) is 4. The number of hydrogen-bond acceptors (Lipinski definition) is 4. The summed E-state index contributed by atoms with van der Waals surface area (Å²) in [5.74, 6) is 0. The molecule has 1 N–H and O–H groups in total. The van der Waals surface area contributed by atoms with Crippen LogP contribution in [0.5, 0.6) is 0 Å². The molecule has 0 unspecified atom stereocenters. The first-order chi connectivity index (χ1) is 12.1. The molecule has 1 aliphatic carbocycles. The lowest BCUT2D eigenvalue weighted by molar-refractivity contribution is -0.144. The first-order valence-corrected chi connectivity index (χ1v) is 9.73. The Balaban J connectivity index is 1.65. The molecule has 1 aliphatic rings. The summed E-state index contributed by atoms with van der Waals surface area (Å²) in [7, 11) is -2.12. The smallest absolute Gasteiger partial charge is 0.272 e. The van der Waals surface area contributed by atoms with Crippen molar-refractivity contribution in [2.75, 3.05) is 6.54 Å². The Kier molecular flexibility index (Phi) is 4.86. The Morgan fingerprint density at radius 3 is 2.65 bits per heavy atom. The molecule has 11 heteroatoms. The van der Waals surface area contributed by atoms with Crippen molar-refractivity contribution in [3.8, 4) is 0 Å². The van der Waals surface area contributed by atoms with E-state index in [4.69, 9.17) is 0 Å². The van der Waals surface area contributed by atoms with Gasteiger partial charge in [-0.3, -0.25) is 9.36 Å². The molecule has 0 bridgehead atoms. The zero-order chi connectivity index (χ0) is 19.1. The van der Waals surface area contributed by atoms with Crippen LogP contribution in [0.25, 0.3) is 0 Å². The van der Waals surface area contributed by atoms with Gasteiger partial charge in [0.05, 0.1) is 17.6 Å². The Labute approximate surface area is 149 Å². The summed E-state index contributed by atoms with van der Waals surface area (Å²) in [5.41, 5.74) is 0.573. The first-order valence-electron chi connectivity index (χ1n) is 8.25. The molecular formula is C15H20F3N5O2S. The minimum Gasteiger partial charge on any atom is -0.272 e. The molecule has 2 heterocycles. The van der Waals surface area contributed by atoms with E-state index in [-0.39, 0.29) is 30.0 Å². The molecular weight excluding hydrogens is 371 g/mol. The van der Waals surface area contributed by atoms with Crippen LogP contribution in [0.3, 0.4) is 0 Å². The zero-order valence-corrected chi connectivity index (χ0v) is 15.3. The van der Waals surface area contributed by atoms with Gasteiger partial charge in [-0.25, -0.2) is 13.1 Å². The number of aromatic nitrogens is 4. The van der Waals surface area contributed by atoms with E-state index in [1.807, 2.05) is 0 Å². The van der Waals surface area contributed by atoms with E-state index < -0.39 is 21.9 Å². The predicted molar refractivity (Wildman–Crippen MR) is 87.0 cm³/mol. The van der Waals surface area contributed by atoms with Gasteiger partial charge in [-0.05, 0) is 32.6 Å². The van der Waals surface area contributed by atoms with Crippen LogP contribution in [0.2, 0.25) is 0 Å². The van der Waals surface area contributed by atoms with Gasteiger partial charge >= 0.3 is 6.18 Å². The van der Waals surface area contributed by atoms with Gasteiger partial charge in [-0.1, -0.05) is 0 Å². The van der Waals surface area contributed by atoms with Gasteiger partial charge in [0.15, 0.2) is 0 Å². The van der Waals surface area contributed by atoms with Crippen molar-refractivity contribution in [3.05, 3.63) is 28.8 Å². The average molecular weight is 391 g/mol. The quantitative estimate of drug-likeness (QED) is 0.762. The summed E-state index contributed by atoms with van der Waals surface area (Å²) in [4.78, 5) is 0.0639. The van der Waals surface area contributed by atoms with Crippen molar-refractivity contribution in [1.82, 2.24) is 24.3 Å². The molecule has 0 amide bonds. The predicted octanol–water partition coefficient (Wildman–Crippen LogP) is 1.80. The number of aryl methyl sites for hydroxylation is 3. The largest absolute Gasteiger partial charge is 0.433 e. The summed E-state index contributed by atoms with van der Waals surface area (Å²) in [6, 6.07) is 0. The van der Waals surface area contributed by atoms with Crippen molar-refractivity contribution < 1.29 is 21.6 Å². The van der Waals surface area contributed by atoms with Crippen molar-refractivity contribution >= 4 is 10.0 Å². The van der Waals surface area contributed by atoms with E-state index in [9.17, 15) is 21.6 Å². The lowest BCUT2D eigenvalue weighted by Gasteiger charge is -2.12. The number of rotatable bonds is 6. The third kappa shape index (κ3) is 3.50. The minimum absolute atomic E-state index is 0.00359. The highest BCUT2D eigenvalue weighted by Crippen LogP contribution is 2.37. The summed E-state index contributed by atoms with van der Waals surface area (Å²) < 4.78 is 69.3. The number of alkyl halides is 3. The van der Waals surface area contributed by atoms with E-state index in [1.165, 1.54) is 10.9 Å². The van der Waals surface area contributed by atoms with Crippen LogP contribution in [-0.4, -0.2) is 34.5 Å². The summed E-state index contributed by atoms with van der Waals surface area (Å²) in [5, 5.41) is 7.96. The van der Waals surface area contributed by atoms with Crippen LogP contribution < -0.4 is 4.72 Å². The summed E-state index contributed by atoms with van der Waals surface area (Å²) in [6.07, 6.45) is -1.39. The Morgan fingerprint density at radius 2 is 2.04 bits per heavy atom. The van der Waals surface area contributed by atoms with Gasteiger partial charge in [0.25, 0.3) is 0 Å². The fraction of sp³-hybridized carbons (Fsp3) is 0.600. The van der Waals surface area contributed by atoms with Gasteiger partial charge < -0.3 is 0 Å². The highest BCUT2D eigenvalue weighted by atomic mass is 32.2. The van der Waals surface area contributed by atoms with Crippen LogP contribution >= 0.6 is 0 Å². The van der Waals surface area contributed by atoms with Crippen LogP contribution in [0.15, 0.2) is 11.1 Å². The standard InChI is InChI=1S/C15H20F3N5O2S/c1-10-13(9-19-22(10)2)26(24,25)20-7-4-8-23-14(15(16,17)18)11-5-3-6-12(11)21-23/h9,20H,3-8H2,1-2H3. The highest BCUT2D eigenvalue weighted by Gasteiger charge is 2.40. The van der Waals surface area contributed by atoms with E-state index >= 15 is 0 Å². The topological polar surface area (TPSA) is 81.8 Å². The lowest BCUT2D eigenvalue weighted by atomic mass is 10.2. The van der Waals surface area contributed by atoms with Crippen LogP contribution in [0.1, 0.15) is 35.5 Å². The molecule has 3 rings (SSSR count). The van der Waals surface area contributed by atoms with Gasteiger partial charge in [-0.2, -0.15) is 23.4 Å². The van der Waals surface area contributed by atoms with Crippen LogP contribution in [-0.2, 0) is 42.6 Å². The fourth-order valence-electron chi connectivity index (χ4n) is 3.18. The average Bonchev–Trinajstić information content (AvgIpc) is 3.18. The van der Waals surface area contributed by atoms with E-state index in [2.05, 4.69) is 14.9 Å². The van der Waals surface area contributed by atoms with E-state index in [0.29, 0.717) is 30.7 Å². The minimum atomic E-state index is -4.46. The number of sulfonamides is 1. The zero-order valence-electron chi connectivity index (χ0n) is 14.5. The second-order valence-electron chi connectivity index (χ2n) is 6.32. The first kappa shape index (κ1) is 18.9. The second-order valence-corrected chi connectivity index (χ2v) is 8.05. The molecule has 0 fully saturated rings. The van der Waals surface area contributed by atoms with Crippen molar-refractivity contribution in [1.29, 1.82) is 0 Å². The molecule has 26 heavy (non-hydrogen) atoms. The van der Waals surface area contributed by atoms with Crippen molar-refractivity contribution in [2.45, 2.75) is 50.2 Å². The van der Waals surface area contributed by atoms with E-state index in [1.54, 1.807) is 14.0 Å². The normalized spacial score (nSPS) is 14.8. The molecule has 144 valence electrons. The molecule has 0 spiro atoms. The third-order valence-corrected chi connectivity index (χ3v) is 6.13. The maximum Gasteiger partial charge on any atom is 0.433 e. The number of halogens is 3. The molecule has 0 radical (unpaired) electrons. The Bertz CT molecular complexity index is 915. The molecule has 0 aliphatic heterocycles. The maximum absolute atomic E-state index is 13.3. The number of hydrogen-bond donors (Lipinski definition) is 1. The summed E-state index contributed by atoms with van der Waals surface area (Å²) >= 11 is 0. The second kappa shape index (κ2) is 6.69. The van der Waals surface area contributed by atoms with Crippen molar-refractivity contribution in [2.24, 2.45) is 7.05 Å². The third-order valence-electron chi connectivity index (χ3n) is 4.56. The summed E-state index contributed by atoms with van der Waals surface area (Å²) in [6.45, 7) is 1.64. The molecule has 2 aromatic heterocycles.